The van der Waals surface area contributed by atoms with E-state index in [4.69, 9.17) is 5.73 Å². The second kappa shape index (κ2) is 6.44. The van der Waals surface area contributed by atoms with E-state index in [0.717, 1.165) is 13.1 Å². The van der Waals surface area contributed by atoms with Crippen LogP contribution in [0.15, 0.2) is 0 Å². The zero-order valence-electron chi connectivity index (χ0n) is 9.01. The standard InChI is InChI=1S/C10H24N2/c1-5-7-12(6-2)10(8-11)9(3)4/h9-10H,5-8,11H2,1-4H3. The van der Waals surface area contributed by atoms with Gasteiger partial charge in [-0.25, -0.2) is 0 Å². The van der Waals surface area contributed by atoms with Gasteiger partial charge in [0.25, 0.3) is 0 Å². The maximum atomic E-state index is 5.74. The molecule has 2 N–H and O–H groups in total. The first kappa shape index (κ1) is 11.9. The Morgan fingerprint density at radius 2 is 1.83 bits per heavy atom. The fraction of sp³-hybridized carbons (Fsp3) is 1.00. The maximum Gasteiger partial charge on any atom is 0.0241 e. The van der Waals surface area contributed by atoms with E-state index in [1.165, 1.54) is 13.0 Å². The van der Waals surface area contributed by atoms with Crippen molar-refractivity contribution in [1.29, 1.82) is 0 Å². The first-order chi connectivity index (χ1) is 5.67. The van der Waals surface area contributed by atoms with Crippen LogP contribution in [0.2, 0.25) is 0 Å². The predicted octanol–water partition coefficient (Wildman–Crippen LogP) is 1.70. The van der Waals surface area contributed by atoms with Crippen molar-refractivity contribution in [3.63, 3.8) is 0 Å². The SMILES string of the molecule is CCCN(CC)C(CN)C(C)C. The molecule has 0 spiro atoms. The van der Waals surface area contributed by atoms with E-state index in [0.29, 0.717) is 12.0 Å². The molecule has 0 aliphatic rings. The molecule has 1 unspecified atom stereocenters. The van der Waals surface area contributed by atoms with Crippen LogP contribution in [-0.2, 0) is 0 Å². The monoisotopic (exact) mass is 172 g/mol. The second-order valence-electron chi connectivity index (χ2n) is 3.68. The summed E-state index contributed by atoms with van der Waals surface area (Å²) in [5.74, 6) is 0.668. The van der Waals surface area contributed by atoms with Gasteiger partial charge in [-0.3, -0.25) is 4.90 Å². The zero-order chi connectivity index (χ0) is 9.56. The van der Waals surface area contributed by atoms with Crippen molar-refractivity contribution in [2.45, 2.75) is 40.2 Å². The molecule has 0 bridgehead atoms. The molecule has 0 aliphatic carbocycles. The molecule has 0 fully saturated rings. The third-order valence-electron chi connectivity index (χ3n) is 2.40. The average Bonchev–Trinajstić information content (AvgIpc) is 2.03. The molecule has 74 valence electrons. The van der Waals surface area contributed by atoms with Crippen molar-refractivity contribution >= 4 is 0 Å². The van der Waals surface area contributed by atoms with Crippen LogP contribution < -0.4 is 5.73 Å². The van der Waals surface area contributed by atoms with Crippen molar-refractivity contribution in [3.8, 4) is 0 Å². The maximum absolute atomic E-state index is 5.74. The van der Waals surface area contributed by atoms with Crippen LogP contribution in [0.3, 0.4) is 0 Å². The molecule has 2 heteroatoms. The minimum absolute atomic E-state index is 0.565. The second-order valence-corrected chi connectivity index (χ2v) is 3.68. The van der Waals surface area contributed by atoms with Gasteiger partial charge in [0.1, 0.15) is 0 Å². The van der Waals surface area contributed by atoms with Crippen molar-refractivity contribution in [2.75, 3.05) is 19.6 Å². The average molecular weight is 172 g/mol. The van der Waals surface area contributed by atoms with Gasteiger partial charge in [0.15, 0.2) is 0 Å². The fourth-order valence-electron chi connectivity index (χ4n) is 1.69. The summed E-state index contributed by atoms with van der Waals surface area (Å²) in [6, 6.07) is 0.565. The summed E-state index contributed by atoms with van der Waals surface area (Å²) in [7, 11) is 0. The molecule has 2 nitrogen and oxygen atoms in total. The van der Waals surface area contributed by atoms with Crippen LogP contribution in [0.4, 0.5) is 0 Å². The van der Waals surface area contributed by atoms with Crippen LogP contribution in [0.25, 0.3) is 0 Å². The van der Waals surface area contributed by atoms with Gasteiger partial charge in [0.05, 0.1) is 0 Å². The molecule has 0 aromatic heterocycles. The minimum Gasteiger partial charge on any atom is -0.329 e. The summed E-state index contributed by atoms with van der Waals surface area (Å²) in [5, 5.41) is 0. The Labute approximate surface area is 77.1 Å². The molecule has 0 saturated heterocycles. The lowest BCUT2D eigenvalue weighted by molar-refractivity contribution is 0.168. The van der Waals surface area contributed by atoms with E-state index in [9.17, 15) is 0 Å². The Morgan fingerprint density at radius 3 is 2.08 bits per heavy atom. The van der Waals surface area contributed by atoms with E-state index in [-0.39, 0.29) is 0 Å². The highest BCUT2D eigenvalue weighted by atomic mass is 15.2. The first-order valence-corrected chi connectivity index (χ1v) is 5.11. The topological polar surface area (TPSA) is 29.3 Å². The highest BCUT2D eigenvalue weighted by Crippen LogP contribution is 2.09. The lowest BCUT2D eigenvalue weighted by Gasteiger charge is -2.32. The highest BCUT2D eigenvalue weighted by molar-refractivity contribution is 4.74. The van der Waals surface area contributed by atoms with E-state index in [1.54, 1.807) is 0 Å². The molecule has 0 aliphatic heterocycles. The number of rotatable bonds is 6. The zero-order valence-corrected chi connectivity index (χ0v) is 9.01. The Kier molecular flexibility index (Phi) is 6.39. The van der Waals surface area contributed by atoms with Crippen molar-refractivity contribution in [2.24, 2.45) is 11.7 Å². The summed E-state index contributed by atoms with van der Waals surface area (Å²) in [6.45, 7) is 12.0. The highest BCUT2D eigenvalue weighted by Gasteiger charge is 2.17. The molecule has 0 saturated carbocycles. The molecule has 0 heterocycles. The van der Waals surface area contributed by atoms with Crippen LogP contribution in [-0.4, -0.2) is 30.6 Å². The largest absolute Gasteiger partial charge is 0.329 e. The van der Waals surface area contributed by atoms with E-state index < -0.39 is 0 Å². The normalized spacial score (nSPS) is 14.2. The summed E-state index contributed by atoms with van der Waals surface area (Å²) in [5.41, 5.74) is 5.74. The third-order valence-corrected chi connectivity index (χ3v) is 2.40. The van der Waals surface area contributed by atoms with E-state index >= 15 is 0 Å². The van der Waals surface area contributed by atoms with Crippen LogP contribution >= 0.6 is 0 Å². The van der Waals surface area contributed by atoms with Gasteiger partial charge >= 0.3 is 0 Å². The number of nitrogens with zero attached hydrogens (tertiary/aromatic N) is 1. The molecule has 1 atom stereocenters. The summed E-state index contributed by atoms with van der Waals surface area (Å²) in [4.78, 5) is 2.48. The summed E-state index contributed by atoms with van der Waals surface area (Å²) >= 11 is 0. The molecule has 12 heavy (non-hydrogen) atoms. The Balaban J connectivity index is 4.02. The van der Waals surface area contributed by atoms with Crippen molar-refractivity contribution < 1.29 is 0 Å². The lowest BCUT2D eigenvalue weighted by atomic mass is 10.0. The lowest BCUT2D eigenvalue weighted by Crippen LogP contribution is -2.44. The Morgan fingerprint density at radius 1 is 1.25 bits per heavy atom. The molecule has 0 amide bonds. The third kappa shape index (κ3) is 3.55. The van der Waals surface area contributed by atoms with Crippen molar-refractivity contribution in [1.82, 2.24) is 4.90 Å². The molecule has 0 aromatic carbocycles. The smallest absolute Gasteiger partial charge is 0.0241 e. The molecule has 0 radical (unpaired) electrons. The van der Waals surface area contributed by atoms with Crippen molar-refractivity contribution in [3.05, 3.63) is 0 Å². The quantitative estimate of drug-likeness (QED) is 0.661. The molecular formula is C10H24N2. The molecule has 0 rings (SSSR count). The fourth-order valence-corrected chi connectivity index (χ4v) is 1.69. The van der Waals surface area contributed by atoms with Gasteiger partial charge in [0.2, 0.25) is 0 Å². The Hall–Kier alpha value is -0.0800. The summed E-state index contributed by atoms with van der Waals surface area (Å²) in [6.07, 6.45) is 1.22. The predicted molar refractivity (Wildman–Crippen MR) is 55.2 cm³/mol. The molecule has 0 aromatic rings. The van der Waals surface area contributed by atoms with Crippen LogP contribution in [0.1, 0.15) is 34.1 Å². The number of hydrogen-bond acceptors (Lipinski definition) is 2. The summed E-state index contributed by atoms with van der Waals surface area (Å²) < 4.78 is 0. The van der Waals surface area contributed by atoms with Gasteiger partial charge < -0.3 is 5.73 Å². The minimum atomic E-state index is 0.565. The molecular weight excluding hydrogens is 148 g/mol. The Bertz CT molecular complexity index is 102. The van der Waals surface area contributed by atoms with Gasteiger partial charge in [0, 0.05) is 12.6 Å². The van der Waals surface area contributed by atoms with E-state index in [2.05, 4.69) is 32.6 Å². The van der Waals surface area contributed by atoms with Gasteiger partial charge in [-0.15, -0.1) is 0 Å². The van der Waals surface area contributed by atoms with Gasteiger partial charge in [-0.05, 0) is 25.4 Å². The number of nitrogens with two attached hydrogens (primary N) is 1. The van der Waals surface area contributed by atoms with Gasteiger partial charge in [-0.1, -0.05) is 27.7 Å². The number of hydrogen-bond donors (Lipinski definition) is 1. The first-order valence-electron chi connectivity index (χ1n) is 5.11. The van der Waals surface area contributed by atoms with Crippen LogP contribution in [0.5, 0.6) is 0 Å². The van der Waals surface area contributed by atoms with Crippen LogP contribution in [0, 0.1) is 5.92 Å². The van der Waals surface area contributed by atoms with E-state index in [1.807, 2.05) is 0 Å². The van der Waals surface area contributed by atoms with Gasteiger partial charge in [-0.2, -0.15) is 0 Å². The number of likely N-dealkylation sites (N-methyl/N-ethyl adjacent to an activating group) is 1.